The lowest BCUT2D eigenvalue weighted by Crippen LogP contribution is -2.45. The minimum atomic E-state index is -0.139. The fourth-order valence-electron chi connectivity index (χ4n) is 2.56. The summed E-state index contributed by atoms with van der Waals surface area (Å²) in [5, 5.41) is 9.23. The van der Waals surface area contributed by atoms with Gasteiger partial charge in [-0.05, 0) is 46.8 Å². The molecule has 0 saturated carbocycles. The SMILES string of the molecule is CCNC(=NCC(=O)NCc1ccco1)NCCN(C(C)C)C(C)C.I. The minimum Gasteiger partial charge on any atom is -0.467 e. The molecule has 1 rings (SSSR count). The van der Waals surface area contributed by atoms with Crippen molar-refractivity contribution in [2.75, 3.05) is 26.2 Å². The molecular formula is C18H34IN5O2. The molecule has 0 spiro atoms. The van der Waals surface area contributed by atoms with E-state index >= 15 is 0 Å². The van der Waals surface area contributed by atoms with Crippen LogP contribution in [0.4, 0.5) is 0 Å². The zero-order valence-electron chi connectivity index (χ0n) is 16.5. The van der Waals surface area contributed by atoms with E-state index in [1.807, 2.05) is 13.0 Å². The van der Waals surface area contributed by atoms with Gasteiger partial charge in [-0.25, -0.2) is 4.99 Å². The van der Waals surface area contributed by atoms with E-state index in [-0.39, 0.29) is 36.4 Å². The van der Waals surface area contributed by atoms with Gasteiger partial charge in [-0.3, -0.25) is 9.69 Å². The molecule has 7 nitrogen and oxygen atoms in total. The molecule has 0 saturated heterocycles. The van der Waals surface area contributed by atoms with Crippen molar-refractivity contribution in [2.24, 2.45) is 4.99 Å². The summed E-state index contributed by atoms with van der Waals surface area (Å²) in [4.78, 5) is 18.6. The molecule has 150 valence electrons. The van der Waals surface area contributed by atoms with E-state index in [1.165, 1.54) is 0 Å². The lowest BCUT2D eigenvalue weighted by molar-refractivity contribution is -0.119. The van der Waals surface area contributed by atoms with E-state index in [9.17, 15) is 4.79 Å². The quantitative estimate of drug-likeness (QED) is 0.272. The highest BCUT2D eigenvalue weighted by atomic mass is 127. The first kappa shape index (κ1) is 24.7. The average molecular weight is 479 g/mol. The second kappa shape index (κ2) is 13.9. The Kier molecular flexibility index (Phi) is 13.2. The Morgan fingerprint density at radius 3 is 2.42 bits per heavy atom. The maximum absolute atomic E-state index is 11.9. The summed E-state index contributed by atoms with van der Waals surface area (Å²) in [6.07, 6.45) is 1.59. The summed E-state index contributed by atoms with van der Waals surface area (Å²) < 4.78 is 5.18. The molecule has 1 aromatic heterocycles. The molecule has 0 bridgehead atoms. The van der Waals surface area contributed by atoms with Crippen molar-refractivity contribution in [3.05, 3.63) is 24.2 Å². The van der Waals surface area contributed by atoms with Crippen LogP contribution in [0.5, 0.6) is 0 Å². The number of amides is 1. The third kappa shape index (κ3) is 10.0. The van der Waals surface area contributed by atoms with Gasteiger partial charge in [0.1, 0.15) is 12.3 Å². The van der Waals surface area contributed by atoms with Crippen molar-refractivity contribution in [1.82, 2.24) is 20.9 Å². The van der Waals surface area contributed by atoms with Crippen molar-refractivity contribution in [2.45, 2.75) is 53.2 Å². The van der Waals surface area contributed by atoms with E-state index in [2.05, 4.69) is 53.5 Å². The number of guanidine groups is 1. The number of rotatable bonds is 10. The summed E-state index contributed by atoms with van der Waals surface area (Å²) in [6, 6.07) is 4.61. The molecule has 3 N–H and O–H groups in total. The summed E-state index contributed by atoms with van der Waals surface area (Å²) in [7, 11) is 0. The lowest BCUT2D eigenvalue weighted by Gasteiger charge is -2.30. The molecule has 0 aliphatic rings. The van der Waals surface area contributed by atoms with Crippen molar-refractivity contribution in [3.63, 3.8) is 0 Å². The second-order valence-corrected chi connectivity index (χ2v) is 6.40. The first-order valence-electron chi connectivity index (χ1n) is 9.01. The largest absolute Gasteiger partial charge is 0.467 e. The number of nitrogens with one attached hydrogen (secondary N) is 3. The Morgan fingerprint density at radius 1 is 1.19 bits per heavy atom. The van der Waals surface area contributed by atoms with Gasteiger partial charge in [-0.1, -0.05) is 0 Å². The predicted octanol–water partition coefficient (Wildman–Crippen LogP) is 2.19. The highest BCUT2D eigenvalue weighted by molar-refractivity contribution is 14.0. The molecule has 0 aliphatic heterocycles. The zero-order valence-corrected chi connectivity index (χ0v) is 18.9. The minimum absolute atomic E-state index is 0. The molecule has 1 heterocycles. The predicted molar refractivity (Wildman–Crippen MR) is 117 cm³/mol. The third-order valence-corrected chi connectivity index (χ3v) is 3.75. The van der Waals surface area contributed by atoms with Crippen molar-refractivity contribution in [1.29, 1.82) is 0 Å². The molecule has 0 radical (unpaired) electrons. The number of aliphatic imine (C=N–C) groups is 1. The van der Waals surface area contributed by atoms with Gasteiger partial charge in [-0.15, -0.1) is 24.0 Å². The summed E-state index contributed by atoms with van der Waals surface area (Å²) in [6.45, 7) is 13.7. The molecule has 1 amide bonds. The van der Waals surface area contributed by atoms with Gasteiger partial charge in [0, 0.05) is 31.7 Å². The molecule has 1 aromatic rings. The fraction of sp³-hybridized carbons (Fsp3) is 0.667. The summed E-state index contributed by atoms with van der Waals surface area (Å²) in [5.74, 6) is 1.24. The van der Waals surface area contributed by atoms with Gasteiger partial charge in [0.25, 0.3) is 0 Å². The molecule has 0 aromatic carbocycles. The van der Waals surface area contributed by atoms with Crippen LogP contribution in [0.3, 0.4) is 0 Å². The summed E-state index contributed by atoms with van der Waals surface area (Å²) in [5.41, 5.74) is 0. The molecule has 26 heavy (non-hydrogen) atoms. The molecule has 8 heteroatoms. The Hall–Kier alpha value is -1.29. The average Bonchev–Trinajstić information content (AvgIpc) is 3.07. The van der Waals surface area contributed by atoms with Crippen LogP contribution in [0, 0.1) is 0 Å². The Morgan fingerprint density at radius 2 is 1.88 bits per heavy atom. The number of halogens is 1. The van der Waals surface area contributed by atoms with Crippen molar-refractivity contribution >= 4 is 35.8 Å². The number of nitrogens with zero attached hydrogens (tertiary/aromatic N) is 2. The smallest absolute Gasteiger partial charge is 0.242 e. The zero-order chi connectivity index (χ0) is 18.7. The topological polar surface area (TPSA) is 81.9 Å². The van der Waals surface area contributed by atoms with Gasteiger partial charge in [0.2, 0.25) is 5.91 Å². The van der Waals surface area contributed by atoms with Crippen LogP contribution >= 0.6 is 24.0 Å². The van der Waals surface area contributed by atoms with Crippen LogP contribution in [0.25, 0.3) is 0 Å². The number of hydrogen-bond acceptors (Lipinski definition) is 4. The van der Waals surface area contributed by atoms with Gasteiger partial charge in [0.15, 0.2) is 5.96 Å². The molecule has 0 atom stereocenters. The van der Waals surface area contributed by atoms with E-state index in [4.69, 9.17) is 4.42 Å². The summed E-state index contributed by atoms with van der Waals surface area (Å²) >= 11 is 0. The van der Waals surface area contributed by atoms with E-state index < -0.39 is 0 Å². The van der Waals surface area contributed by atoms with Gasteiger partial charge < -0.3 is 20.4 Å². The first-order chi connectivity index (χ1) is 11.9. The maximum Gasteiger partial charge on any atom is 0.242 e. The monoisotopic (exact) mass is 479 g/mol. The molecule has 0 aliphatic carbocycles. The van der Waals surface area contributed by atoms with Crippen molar-refractivity contribution < 1.29 is 9.21 Å². The van der Waals surface area contributed by atoms with Gasteiger partial charge in [-0.2, -0.15) is 0 Å². The number of hydrogen-bond donors (Lipinski definition) is 3. The number of carbonyl (C=O) groups is 1. The van der Waals surface area contributed by atoms with Gasteiger partial charge >= 0.3 is 0 Å². The number of carbonyl (C=O) groups excluding carboxylic acids is 1. The fourth-order valence-corrected chi connectivity index (χ4v) is 2.56. The van der Waals surface area contributed by atoms with E-state index in [0.29, 0.717) is 24.6 Å². The van der Waals surface area contributed by atoms with Crippen LogP contribution in [0.2, 0.25) is 0 Å². The van der Waals surface area contributed by atoms with E-state index in [0.717, 1.165) is 25.4 Å². The molecular weight excluding hydrogens is 445 g/mol. The van der Waals surface area contributed by atoms with Crippen LogP contribution in [0.15, 0.2) is 27.8 Å². The van der Waals surface area contributed by atoms with Gasteiger partial charge in [0.05, 0.1) is 12.8 Å². The van der Waals surface area contributed by atoms with Crippen LogP contribution in [0.1, 0.15) is 40.4 Å². The normalized spacial score (nSPS) is 11.6. The standard InChI is InChI=1S/C18H33N5O2.HI/c1-6-19-18(20-9-10-23(14(2)3)15(4)5)22-13-17(24)21-12-16-8-7-11-25-16;/h7-8,11,14-15H,6,9-10,12-13H2,1-5H3,(H,21,24)(H2,19,20,22);1H. The van der Waals surface area contributed by atoms with Crippen molar-refractivity contribution in [3.8, 4) is 0 Å². The van der Waals surface area contributed by atoms with E-state index in [1.54, 1.807) is 12.3 Å². The number of furan rings is 1. The molecule has 0 unspecified atom stereocenters. The lowest BCUT2D eigenvalue weighted by atomic mass is 10.2. The van der Waals surface area contributed by atoms with Crippen LogP contribution in [-0.2, 0) is 11.3 Å². The Balaban J connectivity index is 0.00000625. The Bertz CT molecular complexity index is 510. The first-order valence-corrected chi connectivity index (χ1v) is 9.01. The second-order valence-electron chi connectivity index (χ2n) is 6.40. The molecule has 0 fully saturated rings. The highest BCUT2D eigenvalue weighted by Crippen LogP contribution is 2.03. The highest BCUT2D eigenvalue weighted by Gasteiger charge is 2.12. The Labute approximate surface area is 174 Å². The van der Waals surface area contributed by atoms with Crippen LogP contribution in [-0.4, -0.2) is 55.0 Å². The maximum atomic E-state index is 11.9. The van der Waals surface area contributed by atoms with Crippen LogP contribution < -0.4 is 16.0 Å². The third-order valence-electron chi connectivity index (χ3n) is 3.75.